The van der Waals surface area contributed by atoms with Crippen LogP contribution in [0.25, 0.3) is 0 Å². The van der Waals surface area contributed by atoms with Gasteiger partial charge >= 0.3 is 5.92 Å². The lowest BCUT2D eigenvalue weighted by molar-refractivity contribution is -0.141. The van der Waals surface area contributed by atoms with Gasteiger partial charge in [0.2, 0.25) is 0 Å². The molecule has 1 amide bonds. The first-order valence-corrected chi connectivity index (χ1v) is 2.95. The van der Waals surface area contributed by atoms with E-state index in [1.165, 1.54) is 0 Å². The Bertz CT molecular complexity index is 140. The van der Waals surface area contributed by atoms with Crippen LogP contribution in [-0.4, -0.2) is 31.6 Å². The van der Waals surface area contributed by atoms with E-state index in [0.29, 0.717) is 0 Å². The van der Waals surface area contributed by atoms with Gasteiger partial charge in [-0.05, 0) is 0 Å². The number of alkyl halides is 3. The van der Waals surface area contributed by atoms with Crippen LogP contribution in [0.4, 0.5) is 13.2 Å². The number of carbonyl (C=O) groups is 1. The minimum absolute atomic E-state index is 0.205. The molecule has 0 aliphatic carbocycles. The zero-order valence-corrected chi connectivity index (χ0v) is 5.74. The molecule has 0 saturated carbocycles. The highest BCUT2D eigenvalue weighted by molar-refractivity contribution is 5.81. The number of carbonyl (C=O) groups excluding carboxylic acids is 1. The number of amides is 1. The van der Waals surface area contributed by atoms with Gasteiger partial charge in [-0.3, -0.25) is 4.79 Å². The summed E-state index contributed by atoms with van der Waals surface area (Å²) >= 11 is 0. The van der Waals surface area contributed by atoms with Crippen LogP contribution in [-0.2, 0) is 4.79 Å². The Morgan fingerprint density at radius 3 is 2.45 bits per heavy atom. The third kappa shape index (κ3) is 3.82. The maximum Gasteiger partial charge on any atom is 0.336 e. The molecule has 6 heteroatoms. The number of hydrogen-bond donors (Lipinski definition) is 2. The standard InChI is InChI=1S/C5H9F3N2O/c6-1-2-10-3-5(7,8)4(9)11/h10H,1-3H2,(H2,9,11). The fraction of sp³-hybridized carbons (Fsp3) is 0.800. The van der Waals surface area contributed by atoms with Crippen LogP contribution in [0.5, 0.6) is 0 Å². The van der Waals surface area contributed by atoms with E-state index >= 15 is 0 Å². The molecule has 0 bridgehead atoms. The van der Waals surface area contributed by atoms with Crippen molar-refractivity contribution in [1.82, 2.24) is 5.32 Å². The van der Waals surface area contributed by atoms with Crippen molar-refractivity contribution in [3.63, 3.8) is 0 Å². The van der Waals surface area contributed by atoms with E-state index in [1.807, 2.05) is 5.32 Å². The first kappa shape index (κ1) is 10.2. The van der Waals surface area contributed by atoms with E-state index in [4.69, 9.17) is 0 Å². The summed E-state index contributed by atoms with van der Waals surface area (Å²) in [4.78, 5) is 9.95. The van der Waals surface area contributed by atoms with E-state index in [1.54, 1.807) is 0 Å². The van der Waals surface area contributed by atoms with Gasteiger partial charge in [-0.2, -0.15) is 8.78 Å². The van der Waals surface area contributed by atoms with Crippen molar-refractivity contribution < 1.29 is 18.0 Å². The molecule has 0 fully saturated rings. The molecule has 0 aromatic carbocycles. The van der Waals surface area contributed by atoms with E-state index < -0.39 is 25.0 Å². The number of rotatable bonds is 5. The van der Waals surface area contributed by atoms with E-state index in [-0.39, 0.29) is 6.54 Å². The largest absolute Gasteiger partial charge is 0.364 e. The Kier molecular flexibility index (Phi) is 3.88. The zero-order chi connectivity index (χ0) is 8.91. The highest BCUT2D eigenvalue weighted by atomic mass is 19.3. The lowest BCUT2D eigenvalue weighted by Gasteiger charge is -2.11. The van der Waals surface area contributed by atoms with Gasteiger partial charge in [0.1, 0.15) is 6.67 Å². The Balaban J connectivity index is 3.64. The summed E-state index contributed by atoms with van der Waals surface area (Å²) in [7, 11) is 0. The third-order valence-corrected chi connectivity index (χ3v) is 0.979. The van der Waals surface area contributed by atoms with Gasteiger partial charge in [-0.1, -0.05) is 0 Å². The van der Waals surface area contributed by atoms with Gasteiger partial charge in [0, 0.05) is 6.54 Å². The molecule has 3 N–H and O–H groups in total. The molecule has 0 aliphatic heterocycles. The van der Waals surface area contributed by atoms with Crippen molar-refractivity contribution in [2.45, 2.75) is 5.92 Å². The van der Waals surface area contributed by atoms with Crippen LogP contribution in [0, 0.1) is 0 Å². The molecule has 0 aliphatic rings. The second-order valence-electron chi connectivity index (χ2n) is 1.93. The minimum atomic E-state index is -3.59. The normalized spacial score (nSPS) is 11.5. The molecule has 0 aromatic rings. The number of hydrogen-bond acceptors (Lipinski definition) is 2. The molecule has 0 saturated heterocycles. The summed E-state index contributed by atoms with van der Waals surface area (Å²) in [5, 5.41) is 2.03. The second kappa shape index (κ2) is 4.17. The molecule has 0 heterocycles. The summed E-state index contributed by atoms with van der Waals surface area (Å²) < 4.78 is 35.8. The molecular weight excluding hydrogens is 161 g/mol. The van der Waals surface area contributed by atoms with Crippen LogP contribution < -0.4 is 11.1 Å². The highest BCUT2D eigenvalue weighted by Gasteiger charge is 2.35. The van der Waals surface area contributed by atoms with Gasteiger partial charge in [-0.25, -0.2) is 4.39 Å². The Morgan fingerprint density at radius 1 is 1.55 bits per heavy atom. The Hall–Kier alpha value is -0.780. The summed E-state index contributed by atoms with van der Waals surface area (Å²) in [6, 6.07) is 0. The maximum absolute atomic E-state index is 12.2. The number of halogens is 3. The van der Waals surface area contributed by atoms with Crippen molar-refractivity contribution in [2.24, 2.45) is 5.73 Å². The number of nitrogens with one attached hydrogen (secondary N) is 1. The molecule has 0 aromatic heterocycles. The lowest BCUT2D eigenvalue weighted by atomic mass is 10.3. The average molecular weight is 170 g/mol. The maximum atomic E-state index is 12.2. The molecule has 66 valence electrons. The number of nitrogens with two attached hydrogens (primary N) is 1. The fourth-order valence-corrected chi connectivity index (χ4v) is 0.399. The Morgan fingerprint density at radius 2 is 2.09 bits per heavy atom. The molecule has 0 radical (unpaired) electrons. The fourth-order valence-electron chi connectivity index (χ4n) is 0.399. The minimum Gasteiger partial charge on any atom is -0.364 e. The quantitative estimate of drug-likeness (QED) is 0.555. The van der Waals surface area contributed by atoms with Gasteiger partial charge in [-0.15, -0.1) is 0 Å². The van der Waals surface area contributed by atoms with Gasteiger partial charge in [0.05, 0.1) is 6.54 Å². The first-order valence-electron chi connectivity index (χ1n) is 2.95. The summed E-state index contributed by atoms with van der Waals surface area (Å²) in [6.07, 6.45) is 0. The van der Waals surface area contributed by atoms with Crippen molar-refractivity contribution >= 4 is 5.91 Å². The van der Waals surface area contributed by atoms with Crippen LogP contribution in [0.3, 0.4) is 0 Å². The van der Waals surface area contributed by atoms with Crippen molar-refractivity contribution in [2.75, 3.05) is 19.8 Å². The predicted octanol–water partition coefficient (Wildman–Crippen LogP) is -0.334. The second-order valence-corrected chi connectivity index (χ2v) is 1.93. The predicted molar refractivity (Wildman–Crippen MR) is 33.0 cm³/mol. The third-order valence-electron chi connectivity index (χ3n) is 0.979. The summed E-state index contributed by atoms with van der Waals surface area (Å²) in [5.74, 6) is -5.29. The number of primary amides is 1. The van der Waals surface area contributed by atoms with Gasteiger partial charge in [0.25, 0.3) is 5.91 Å². The molecule has 0 unspecified atom stereocenters. The van der Waals surface area contributed by atoms with Gasteiger partial charge < -0.3 is 11.1 Å². The monoisotopic (exact) mass is 170 g/mol. The van der Waals surface area contributed by atoms with Crippen molar-refractivity contribution in [1.29, 1.82) is 0 Å². The van der Waals surface area contributed by atoms with Crippen molar-refractivity contribution in [3.05, 3.63) is 0 Å². The van der Waals surface area contributed by atoms with Crippen molar-refractivity contribution in [3.8, 4) is 0 Å². The lowest BCUT2D eigenvalue weighted by Crippen LogP contribution is -2.44. The summed E-state index contributed by atoms with van der Waals surface area (Å²) in [6.45, 7) is -1.87. The van der Waals surface area contributed by atoms with E-state index in [9.17, 15) is 18.0 Å². The van der Waals surface area contributed by atoms with Gasteiger partial charge in [0.15, 0.2) is 0 Å². The molecule has 3 nitrogen and oxygen atoms in total. The summed E-state index contributed by atoms with van der Waals surface area (Å²) in [5.41, 5.74) is 4.33. The smallest absolute Gasteiger partial charge is 0.336 e. The molecule has 11 heavy (non-hydrogen) atoms. The molecule has 0 atom stereocenters. The SMILES string of the molecule is NC(=O)C(F)(F)CNCCF. The van der Waals surface area contributed by atoms with Crippen LogP contribution >= 0.6 is 0 Å². The zero-order valence-electron chi connectivity index (χ0n) is 5.74. The first-order chi connectivity index (χ1) is 5.00. The molecular formula is C5H9F3N2O. The van der Waals surface area contributed by atoms with E-state index in [0.717, 1.165) is 0 Å². The molecule has 0 rings (SSSR count). The van der Waals surface area contributed by atoms with Crippen LogP contribution in [0.15, 0.2) is 0 Å². The highest BCUT2D eigenvalue weighted by Crippen LogP contribution is 2.09. The van der Waals surface area contributed by atoms with Crippen LogP contribution in [0.1, 0.15) is 0 Å². The average Bonchev–Trinajstić information content (AvgIpc) is 1.88. The topological polar surface area (TPSA) is 55.1 Å². The Labute approximate surface area is 61.7 Å². The molecule has 0 spiro atoms. The van der Waals surface area contributed by atoms with E-state index in [2.05, 4.69) is 5.73 Å². The van der Waals surface area contributed by atoms with Crippen LogP contribution in [0.2, 0.25) is 0 Å².